The third-order valence-electron chi connectivity index (χ3n) is 3.48. The van der Waals surface area contributed by atoms with Gasteiger partial charge >= 0.3 is 11.6 Å². The highest BCUT2D eigenvalue weighted by Gasteiger charge is 2.24. The van der Waals surface area contributed by atoms with Crippen LogP contribution >= 0.6 is 0 Å². The summed E-state index contributed by atoms with van der Waals surface area (Å²) in [5, 5.41) is 3.87. The van der Waals surface area contributed by atoms with Gasteiger partial charge in [-0.1, -0.05) is 0 Å². The van der Waals surface area contributed by atoms with E-state index in [0.29, 0.717) is 11.3 Å². The van der Waals surface area contributed by atoms with Gasteiger partial charge in [0.2, 0.25) is 0 Å². The summed E-state index contributed by atoms with van der Waals surface area (Å²) in [4.78, 5) is 23.2. The van der Waals surface area contributed by atoms with Gasteiger partial charge in [-0.3, -0.25) is 0 Å². The van der Waals surface area contributed by atoms with Gasteiger partial charge in [0.1, 0.15) is 17.4 Å². The molecule has 0 aliphatic carbocycles. The molecule has 0 spiro atoms. The number of hydrogen-bond acceptors (Lipinski definition) is 5. The highest BCUT2D eigenvalue weighted by Crippen LogP contribution is 2.23. The minimum atomic E-state index is -0.380. The van der Waals surface area contributed by atoms with Gasteiger partial charge in [-0.15, -0.1) is 0 Å². The van der Waals surface area contributed by atoms with Crippen LogP contribution in [0.15, 0.2) is 33.5 Å². The fourth-order valence-corrected chi connectivity index (χ4v) is 2.44. The monoisotopic (exact) mass is 273 g/mol. The first kappa shape index (κ1) is 12.9. The number of carbonyl (C=O) groups is 1. The van der Waals surface area contributed by atoms with Gasteiger partial charge in [0, 0.05) is 11.5 Å². The van der Waals surface area contributed by atoms with Crippen molar-refractivity contribution in [2.45, 2.75) is 25.8 Å². The number of rotatable bonds is 2. The van der Waals surface area contributed by atoms with Crippen LogP contribution in [-0.4, -0.2) is 18.6 Å². The van der Waals surface area contributed by atoms with Crippen molar-refractivity contribution in [2.75, 3.05) is 6.54 Å². The largest absolute Gasteiger partial charge is 0.425 e. The molecule has 3 rings (SSSR count). The second-order valence-electron chi connectivity index (χ2n) is 4.98. The number of nitrogens with one attached hydrogen (secondary N) is 1. The molecular weight excluding hydrogens is 258 g/mol. The smallest absolute Gasteiger partial charge is 0.336 e. The van der Waals surface area contributed by atoms with Gasteiger partial charge in [-0.25, -0.2) is 9.59 Å². The first-order valence-electron chi connectivity index (χ1n) is 6.63. The minimum absolute atomic E-state index is 0.222. The number of aryl methyl sites for hydroxylation is 1. The van der Waals surface area contributed by atoms with Crippen molar-refractivity contribution in [1.29, 1.82) is 0 Å². The van der Waals surface area contributed by atoms with Crippen LogP contribution in [0.2, 0.25) is 0 Å². The molecule has 1 atom stereocenters. The van der Waals surface area contributed by atoms with Crippen LogP contribution in [-0.2, 0) is 4.79 Å². The standard InChI is InChI=1S/C15H15NO4/c1-9-7-14(17)20-13-5-4-10(8-11(9)13)19-15(18)12-3-2-6-16-12/h4-5,7-8,12,16H,2-3,6H2,1H3. The highest BCUT2D eigenvalue weighted by atomic mass is 16.5. The van der Waals surface area contributed by atoms with Crippen molar-refractivity contribution >= 4 is 16.9 Å². The van der Waals surface area contributed by atoms with Crippen LogP contribution in [0.3, 0.4) is 0 Å². The molecule has 0 radical (unpaired) electrons. The molecular formula is C15H15NO4. The molecule has 2 aromatic rings. The molecule has 1 fully saturated rings. The van der Waals surface area contributed by atoms with E-state index in [2.05, 4.69) is 5.32 Å². The summed E-state index contributed by atoms with van der Waals surface area (Å²) in [6, 6.07) is 6.21. The van der Waals surface area contributed by atoms with Crippen molar-refractivity contribution in [1.82, 2.24) is 5.32 Å². The summed E-state index contributed by atoms with van der Waals surface area (Å²) in [7, 11) is 0. The Kier molecular flexibility index (Phi) is 3.28. The number of carbonyl (C=O) groups excluding carboxylic acids is 1. The summed E-state index contributed by atoms with van der Waals surface area (Å²) >= 11 is 0. The molecule has 1 aromatic heterocycles. The normalized spacial score (nSPS) is 18.4. The van der Waals surface area contributed by atoms with Crippen molar-refractivity contribution in [3.05, 3.63) is 40.2 Å². The predicted molar refractivity (Wildman–Crippen MR) is 73.9 cm³/mol. The van der Waals surface area contributed by atoms with E-state index < -0.39 is 0 Å². The molecule has 104 valence electrons. The molecule has 2 heterocycles. The van der Waals surface area contributed by atoms with Gasteiger partial charge in [-0.05, 0) is 50.1 Å². The SMILES string of the molecule is Cc1cc(=O)oc2ccc(OC(=O)C3CCCN3)cc12. The van der Waals surface area contributed by atoms with E-state index in [9.17, 15) is 9.59 Å². The first-order valence-corrected chi connectivity index (χ1v) is 6.63. The Morgan fingerprint density at radius 2 is 2.25 bits per heavy atom. The van der Waals surface area contributed by atoms with Crippen LogP contribution in [0.25, 0.3) is 11.0 Å². The summed E-state index contributed by atoms with van der Waals surface area (Å²) in [6.07, 6.45) is 1.79. The maximum Gasteiger partial charge on any atom is 0.336 e. The second kappa shape index (κ2) is 5.09. The van der Waals surface area contributed by atoms with E-state index >= 15 is 0 Å². The summed E-state index contributed by atoms with van der Waals surface area (Å²) in [5.74, 6) is 0.199. The summed E-state index contributed by atoms with van der Waals surface area (Å²) < 4.78 is 10.5. The Morgan fingerprint density at radius 3 is 3.00 bits per heavy atom. The number of esters is 1. The molecule has 0 amide bonds. The van der Waals surface area contributed by atoms with E-state index in [4.69, 9.17) is 9.15 Å². The molecule has 1 saturated heterocycles. The minimum Gasteiger partial charge on any atom is -0.425 e. The lowest BCUT2D eigenvalue weighted by atomic mass is 10.1. The quantitative estimate of drug-likeness (QED) is 0.513. The Morgan fingerprint density at radius 1 is 1.40 bits per heavy atom. The molecule has 5 heteroatoms. The third kappa shape index (κ3) is 2.44. The Hall–Kier alpha value is -2.14. The zero-order valence-electron chi connectivity index (χ0n) is 11.1. The number of hydrogen-bond donors (Lipinski definition) is 1. The van der Waals surface area contributed by atoms with E-state index in [1.807, 2.05) is 6.92 Å². The van der Waals surface area contributed by atoms with Gasteiger partial charge in [0.05, 0.1) is 0 Å². The summed E-state index contributed by atoms with van der Waals surface area (Å²) in [6.45, 7) is 2.67. The van der Waals surface area contributed by atoms with E-state index in [0.717, 1.165) is 30.3 Å². The molecule has 1 aliphatic heterocycles. The van der Waals surface area contributed by atoms with Crippen molar-refractivity contribution in [3.8, 4) is 5.75 Å². The fourth-order valence-electron chi connectivity index (χ4n) is 2.44. The van der Waals surface area contributed by atoms with E-state index in [1.165, 1.54) is 6.07 Å². The second-order valence-corrected chi connectivity index (χ2v) is 4.98. The molecule has 5 nitrogen and oxygen atoms in total. The zero-order valence-corrected chi connectivity index (χ0v) is 11.1. The predicted octanol–water partition coefficient (Wildman–Crippen LogP) is 1.76. The molecule has 1 aromatic carbocycles. The van der Waals surface area contributed by atoms with Crippen molar-refractivity contribution in [3.63, 3.8) is 0 Å². The number of fused-ring (bicyclic) bond motifs is 1. The average Bonchev–Trinajstić information content (AvgIpc) is 2.93. The molecule has 0 bridgehead atoms. The highest BCUT2D eigenvalue weighted by molar-refractivity contribution is 5.84. The fraction of sp³-hybridized carbons (Fsp3) is 0.333. The van der Waals surface area contributed by atoms with Gasteiger partial charge in [0.25, 0.3) is 0 Å². The average molecular weight is 273 g/mol. The van der Waals surface area contributed by atoms with E-state index in [1.54, 1.807) is 18.2 Å². The van der Waals surface area contributed by atoms with Gasteiger partial charge < -0.3 is 14.5 Å². The summed E-state index contributed by atoms with van der Waals surface area (Å²) in [5.41, 5.74) is 0.914. The lowest BCUT2D eigenvalue weighted by Crippen LogP contribution is -2.34. The third-order valence-corrected chi connectivity index (χ3v) is 3.48. The number of ether oxygens (including phenoxy) is 1. The molecule has 1 N–H and O–H groups in total. The lowest BCUT2D eigenvalue weighted by Gasteiger charge is -2.10. The molecule has 1 aliphatic rings. The lowest BCUT2D eigenvalue weighted by molar-refractivity contribution is -0.136. The van der Waals surface area contributed by atoms with Crippen LogP contribution < -0.4 is 15.7 Å². The molecule has 0 saturated carbocycles. The zero-order chi connectivity index (χ0) is 14.1. The Balaban J connectivity index is 1.89. The van der Waals surface area contributed by atoms with Crippen molar-refractivity contribution in [2.24, 2.45) is 0 Å². The molecule has 1 unspecified atom stereocenters. The maximum absolute atomic E-state index is 11.9. The Bertz CT molecular complexity index is 713. The number of benzene rings is 1. The van der Waals surface area contributed by atoms with Crippen LogP contribution in [0, 0.1) is 6.92 Å². The Labute approximate surface area is 115 Å². The van der Waals surface area contributed by atoms with Crippen LogP contribution in [0.1, 0.15) is 18.4 Å². The van der Waals surface area contributed by atoms with Crippen molar-refractivity contribution < 1.29 is 13.9 Å². The van der Waals surface area contributed by atoms with Gasteiger partial charge in [-0.2, -0.15) is 0 Å². The van der Waals surface area contributed by atoms with Gasteiger partial charge in [0.15, 0.2) is 0 Å². The van der Waals surface area contributed by atoms with Crippen LogP contribution in [0.4, 0.5) is 0 Å². The first-order chi connectivity index (χ1) is 9.63. The maximum atomic E-state index is 11.9. The van der Waals surface area contributed by atoms with E-state index in [-0.39, 0.29) is 17.6 Å². The topological polar surface area (TPSA) is 68.5 Å². The van der Waals surface area contributed by atoms with Crippen LogP contribution in [0.5, 0.6) is 5.75 Å². The molecule has 20 heavy (non-hydrogen) atoms.